The first-order valence-electron chi connectivity index (χ1n) is 5.52. The molecule has 0 amide bonds. The fourth-order valence-electron chi connectivity index (χ4n) is 1.88. The molecule has 6 heteroatoms. The summed E-state index contributed by atoms with van der Waals surface area (Å²) in [6.45, 7) is 2.85. The number of hydrogen-bond donors (Lipinski definition) is 1. The number of aromatic carboxylic acids is 1. The average molecular weight is 262 g/mol. The van der Waals surface area contributed by atoms with Crippen LogP contribution in [0.2, 0.25) is 0 Å². The van der Waals surface area contributed by atoms with E-state index in [1.807, 2.05) is 0 Å². The molecule has 1 aromatic heterocycles. The van der Waals surface area contributed by atoms with Crippen molar-refractivity contribution in [1.29, 1.82) is 0 Å². The Morgan fingerprint density at radius 2 is 1.95 bits per heavy atom. The van der Waals surface area contributed by atoms with Gasteiger partial charge in [-0.15, -0.1) is 0 Å². The van der Waals surface area contributed by atoms with E-state index in [9.17, 15) is 14.0 Å². The normalized spacial score (nSPS) is 10.5. The molecule has 1 N–H and O–H groups in total. The van der Waals surface area contributed by atoms with Gasteiger partial charge < -0.3 is 5.11 Å². The minimum Gasteiger partial charge on any atom is -0.478 e. The molecule has 0 bridgehead atoms. The number of benzene rings is 1. The minimum absolute atomic E-state index is 0.00404. The fraction of sp³-hybridized carbons (Fsp3) is 0.154. The number of halogens is 1. The molecule has 0 aliphatic rings. The summed E-state index contributed by atoms with van der Waals surface area (Å²) in [5.41, 5.74) is -0.600. The van der Waals surface area contributed by atoms with Crippen molar-refractivity contribution in [1.82, 2.24) is 9.78 Å². The molecule has 0 atom stereocenters. The molecule has 1 aromatic carbocycles. The predicted octanol–water partition coefficient (Wildman–Crippen LogP) is 1.69. The largest absolute Gasteiger partial charge is 0.478 e. The highest BCUT2D eigenvalue weighted by molar-refractivity contribution is 5.90. The Balaban J connectivity index is 2.79. The lowest BCUT2D eigenvalue weighted by Gasteiger charge is -2.10. The molecule has 2 aromatic rings. The second-order valence-electron chi connectivity index (χ2n) is 4.06. The Labute approximate surface area is 107 Å². The smallest absolute Gasteiger partial charge is 0.338 e. The van der Waals surface area contributed by atoms with Crippen LogP contribution >= 0.6 is 0 Å². The summed E-state index contributed by atoms with van der Waals surface area (Å²) in [6, 6.07) is 5.68. The molecule has 0 aliphatic heterocycles. The van der Waals surface area contributed by atoms with Crippen LogP contribution in [0.15, 0.2) is 29.1 Å². The molecule has 0 fully saturated rings. The zero-order chi connectivity index (χ0) is 14.2. The van der Waals surface area contributed by atoms with E-state index in [-0.39, 0.29) is 22.5 Å². The van der Waals surface area contributed by atoms with Gasteiger partial charge in [-0.25, -0.2) is 9.18 Å². The van der Waals surface area contributed by atoms with Crippen LogP contribution in [0.1, 0.15) is 21.6 Å². The Bertz CT molecular complexity index is 722. The van der Waals surface area contributed by atoms with Gasteiger partial charge in [0.05, 0.1) is 11.3 Å². The zero-order valence-corrected chi connectivity index (χ0v) is 10.3. The van der Waals surface area contributed by atoms with Crippen molar-refractivity contribution in [2.45, 2.75) is 13.8 Å². The quantitative estimate of drug-likeness (QED) is 0.893. The third-order valence-electron chi connectivity index (χ3n) is 2.79. The van der Waals surface area contributed by atoms with E-state index in [1.165, 1.54) is 32.0 Å². The van der Waals surface area contributed by atoms with Crippen molar-refractivity contribution in [2.24, 2.45) is 0 Å². The molecular formula is C13H11FN2O3. The van der Waals surface area contributed by atoms with Gasteiger partial charge in [0.2, 0.25) is 0 Å². The standard InChI is InChI=1S/C13H11FN2O3/c1-7-11(13(18)19)8(2)15-16(12(7)17)10-6-4-3-5-9(10)14/h3-6H,1-2H3,(H,18,19). The lowest BCUT2D eigenvalue weighted by molar-refractivity contribution is 0.0694. The minimum atomic E-state index is -1.22. The van der Waals surface area contributed by atoms with E-state index in [1.54, 1.807) is 6.07 Å². The molecule has 98 valence electrons. The van der Waals surface area contributed by atoms with E-state index >= 15 is 0 Å². The first kappa shape index (κ1) is 12.9. The van der Waals surface area contributed by atoms with Crippen molar-refractivity contribution in [3.05, 3.63) is 57.3 Å². The highest BCUT2D eigenvalue weighted by Crippen LogP contribution is 2.13. The average Bonchev–Trinajstić information content (AvgIpc) is 2.34. The van der Waals surface area contributed by atoms with Crippen LogP contribution in [0, 0.1) is 19.7 Å². The van der Waals surface area contributed by atoms with E-state index in [0.717, 1.165) is 4.68 Å². The lowest BCUT2D eigenvalue weighted by Crippen LogP contribution is -2.28. The van der Waals surface area contributed by atoms with Crippen LogP contribution in [-0.4, -0.2) is 20.9 Å². The third kappa shape index (κ3) is 2.12. The van der Waals surface area contributed by atoms with Crippen LogP contribution in [0.25, 0.3) is 5.69 Å². The van der Waals surface area contributed by atoms with Crippen molar-refractivity contribution in [3.63, 3.8) is 0 Å². The van der Waals surface area contributed by atoms with Crippen LogP contribution in [0.5, 0.6) is 0 Å². The van der Waals surface area contributed by atoms with Gasteiger partial charge in [0.25, 0.3) is 5.56 Å². The Kier molecular flexibility index (Phi) is 3.16. The fourth-order valence-corrected chi connectivity index (χ4v) is 1.88. The molecule has 0 unspecified atom stereocenters. The number of para-hydroxylation sites is 1. The van der Waals surface area contributed by atoms with Crippen LogP contribution in [0.4, 0.5) is 4.39 Å². The van der Waals surface area contributed by atoms with Crippen LogP contribution in [-0.2, 0) is 0 Å². The second kappa shape index (κ2) is 4.64. The topological polar surface area (TPSA) is 72.2 Å². The second-order valence-corrected chi connectivity index (χ2v) is 4.06. The third-order valence-corrected chi connectivity index (χ3v) is 2.79. The van der Waals surface area contributed by atoms with Crippen molar-refractivity contribution in [3.8, 4) is 5.69 Å². The Morgan fingerprint density at radius 3 is 2.53 bits per heavy atom. The molecule has 5 nitrogen and oxygen atoms in total. The maximum absolute atomic E-state index is 13.7. The number of carboxylic acid groups (broad SMARTS) is 1. The molecule has 0 spiro atoms. The molecule has 1 heterocycles. The number of nitrogens with zero attached hydrogens (tertiary/aromatic N) is 2. The van der Waals surface area contributed by atoms with Gasteiger partial charge in [-0.1, -0.05) is 12.1 Å². The number of carboxylic acids is 1. The molecule has 0 radical (unpaired) electrons. The zero-order valence-electron chi connectivity index (χ0n) is 10.3. The van der Waals surface area contributed by atoms with Crippen molar-refractivity contribution in [2.75, 3.05) is 0 Å². The first-order chi connectivity index (χ1) is 8.93. The van der Waals surface area contributed by atoms with Gasteiger partial charge in [0.1, 0.15) is 11.5 Å². The predicted molar refractivity (Wildman–Crippen MR) is 66.2 cm³/mol. The number of rotatable bonds is 2. The van der Waals surface area contributed by atoms with Gasteiger partial charge in [0, 0.05) is 5.56 Å². The maximum atomic E-state index is 13.7. The van der Waals surface area contributed by atoms with Crippen molar-refractivity contribution >= 4 is 5.97 Å². The highest BCUT2D eigenvalue weighted by atomic mass is 19.1. The molecule has 0 aliphatic carbocycles. The van der Waals surface area contributed by atoms with Gasteiger partial charge in [-0.2, -0.15) is 9.78 Å². The Hall–Kier alpha value is -2.50. The number of carbonyl (C=O) groups is 1. The van der Waals surface area contributed by atoms with E-state index < -0.39 is 17.3 Å². The highest BCUT2D eigenvalue weighted by Gasteiger charge is 2.18. The van der Waals surface area contributed by atoms with Gasteiger partial charge in [0.15, 0.2) is 0 Å². The lowest BCUT2D eigenvalue weighted by atomic mass is 10.1. The summed E-state index contributed by atoms with van der Waals surface area (Å²) in [4.78, 5) is 23.1. The maximum Gasteiger partial charge on any atom is 0.338 e. The SMILES string of the molecule is Cc1nn(-c2ccccc2F)c(=O)c(C)c1C(=O)O. The van der Waals surface area contributed by atoms with E-state index in [0.29, 0.717) is 0 Å². The van der Waals surface area contributed by atoms with Crippen LogP contribution in [0.3, 0.4) is 0 Å². The van der Waals surface area contributed by atoms with E-state index in [4.69, 9.17) is 5.11 Å². The molecule has 0 saturated heterocycles. The summed E-state index contributed by atoms with van der Waals surface area (Å²) in [7, 11) is 0. The van der Waals surface area contributed by atoms with E-state index in [2.05, 4.69) is 5.10 Å². The summed E-state index contributed by atoms with van der Waals surface area (Å²) >= 11 is 0. The number of hydrogen-bond acceptors (Lipinski definition) is 3. The summed E-state index contributed by atoms with van der Waals surface area (Å²) in [6.07, 6.45) is 0. The summed E-state index contributed by atoms with van der Waals surface area (Å²) in [5.74, 6) is -1.82. The molecule has 0 saturated carbocycles. The molecule has 19 heavy (non-hydrogen) atoms. The van der Waals surface area contributed by atoms with Gasteiger partial charge >= 0.3 is 5.97 Å². The monoisotopic (exact) mass is 262 g/mol. The summed E-state index contributed by atoms with van der Waals surface area (Å²) in [5, 5.41) is 12.9. The first-order valence-corrected chi connectivity index (χ1v) is 5.52. The van der Waals surface area contributed by atoms with Gasteiger partial charge in [-0.05, 0) is 26.0 Å². The van der Waals surface area contributed by atoms with Crippen molar-refractivity contribution < 1.29 is 14.3 Å². The molecule has 2 rings (SSSR count). The van der Waals surface area contributed by atoms with Crippen LogP contribution < -0.4 is 5.56 Å². The number of aryl methyl sites for hydroxylation is 1. The summed E-state index contributed by atoms with van der Waals surface area (Å²) < 4.78 is 14.5. The Morgan fingerprint density at radius 1 is 1.32 bits per heavy atom. The molecular weight excluding hydrogens is 251 g/mol. The van der Waals surface area contributed by atoms with Gasteiger partial charge in [-0.3, -0.25) is 4.79 Å². The number of aromatic nitrogens is 2.